The van der Waals surface area contributed by atoms with Gasteiger partial charge in [-0.3, -0.25) is 4.79 Å². The third kappa shape index (κ3) is 3.32. The SMILES string of the molecule is O=C(Nc1ccc(N2CCN(c3ncccn3)CC2)cc1)C1CC1. The van der Waals surface area contributed by atoms with Crippen LogP contribution < -0.4 is 15.1 Å². The van der Waals surface area contributed by atoms with E-state index >= 15 is 0 Å². The molecule has 0 atom stereocenters. The zero-order valence-corrected chi connectivity index (χ0v) is 13.6. The Hall–Kier alpha value is -2.63. The van der Waals surface area contributed by atoms with Crippen molar-refractivity contribution in [1.29, 1.82) is 0 Å². The highest BCUT2D eigenvalue weighted by Crippen LogP contribution is 2.30. The molecule has 1 amide bonds. The molecule has 24 heavy (non-hydrogen) atoms. The highest BCUT2D eigenvalue weighted by Gasteiger charge is 2.29. The molecule has 1 N–H and O–H groups in total. The molecule has 2 aromatic rings. The summed E-state index contributed by atoms with van der Waals surface area (Å²) in [6.45, 7) is 3.69. The van der Waals surface area contributed by atoms with Gasteiger partial charge < -0.3 is 15.1 Å². The Kier molecular flexibility index (Phi) is 4.02. The van der Waals surface area contributed by atoms with Crippen molar-refractivity contribution < 1.29 is 4.79 Å². The molecule has 0 unspecified atom stereocenters. The molecular weight excluding hydrogens is 302 g/mol. The maximum Gasteiger partial charge on any atom is 0.227 e. The van der Waals surface area contributed by atoms with E-state index in [9.17, 15) is 4.79 Å². The molecule has 0 radical (unpaired) electrons. The summed E-state index contributed by atoms with van der Waals surface area (Å²) in [5, 5.41) is 2.98. The number of hydrogen-bond donors (Lipinski definition) is 1. The molecule has 1 aliphatic carbocycles. The lowest BCUT2D eigenvalue weighted by atomic mass is 10.2. The van der Waals surface area contributed by atoms with Gasteiger partial charge in [0.15, 0.2) is 0 Å². The number of nitrogens with one attached hydrogen (secondary N) is 1. The van der Waals surface area contributed by atoms with Gasteiger partial charge in [-0.15, -0.1) is 0 Å². The maximum atomic E-state index is 11.8. The van der Waals surface area contributed by atoms with E-state index in [0.717, 1.165) is 50.7 Å². The second-order valence-corrected chi connectivity index (χ2v) is 6.33. The second-order valence-electron chi connectivity index (χ2n) is 6.33. The minimum atomic E-state index is 0.152. The number of anilines is 3. The summed E-state index contributed by atoms with van der Waals surface area (Å²) < 4.78 is 0. The van der Waals surface area contributed by atoms with Crippen LogP contribution in [0.25, 0.3) is 0 Å². The summed E-state index contributed by atoms with van der Waals surface area (Å²) in [7, 11) is 0. The monoisotopic (exact) mass is 323 g/mol. The van der Waals surface area contributed by atoms with E-state index in [4.69, 9.17) is 0 Å². The van der Waals surface area contributed by atoms with Gasteiger partial charge in [-0.05, 0) is 43.2 Å². The minimum absolute atomic E-state index is 0.152. The molecule has 1 saturated heterocycles. The number of amides is 1. The smallest absolute Gasteiger partial charge is 0.227 e. The first-order valence-corrected chi connectivity index (χ1v) is 8.47. The number of nitrogens with zero attached hydrogens (tertiary/aromatic N) is 4. The molecule has 4 rings (SSSR count). The summed E-state index contributed by atoms with van der Waals surface area (Å²) in [5.41, 5.74) is 2.07. The zero-order chi connectivity index (χ0) is 16.4. The van der Waals surface area contributed by atoms with E-state index in [-0.39, 0.29) is 11.8 Å². The Morgan fingerprint density at radius 1 is 0.958 bits per heavy atom. The van der Waals surface area contributed by atoms with E-state index < -0.39 is 0 Å². The van der Waals surface area contributed by atoms with Crippen LogP contribution in [0.1, 0.15) is 12.8 Å². The van der Waals surface area contributed by atoms with Crippen molar-refractivity contribution >= 4 is 23.2 Å². The van der Waals surface area contributed by atoms with Gasteiger partial charge in [0.05, 0.1) is 0 Å². The van der Waals surface area contributed by atoms with Gasteiger partial charge in [0.1, 0.15) is 0 Å². The number of carbonyl (C=O) groups excluding carboxylic acids is 1. The van der Waals surface area contributed by atoms with Gasteiger partial charge in [0, 0.05) is 55.9 Å². The van der Waals surface area contributed by atoms with Crippen LogP contribution in [0.5, 0.6) is 0 Å². The Bertz CT molecular complexity index is 691. The molecule has 124 valence electrons. The topological polar surface area (TPSA) is 61.4 Å². The molecule has 0 spiro atoms. The lowest BCUT2D eigenvalue weighted by Crippen LogP contribution is -2.47. The summed E-state index contributed by atoms with van der Waals surface area (Å²) in [4.78, 5) is 25.0. The summed E-state index contributed by atoms with van der Waals surface area (Å²) >= 11 is 0. The Morgan fingerprint density at radius 2 is 1.58 bits per heavy atom. The molecule has 6 heteroatoms. The van der Waals surface area contributed by atoms with Crippen LogP contribution in [-0.2, 0) is 4.79 Å². The van der Waals surface area contributed by atoms with Gasteiger partial charge in [0.2, 0.25) is 11.9 Å². The van der Waals surface area contributed by atoms with Crippen LogP contribution in [0.15, 0.2) is 42.7 Å². The van der Waals surface area contributed by atoms with E-state index in [2.05, 4.69) is 37.2 Å². The average molecular weight is 323 g/mol. The van der Waals surface area contributed by atoms with Crippen LogP contribution in [0, 0.1) is 5.92 Å². The van der Waals surface area contributed by atoms with Gasteiger partial charge in [-0.25, -0.2) is 9.97 Å². The van der Waals surface area contributed by atoms with Crippen molar-refractivity contribution in [3.8, 4) is 0 Å². The van der Waals surface area contributed by atoms with Crippen LogP contribution in [-0.4, -0.2) is 42.1 Å². The summed E-state index contributed by atoms with van der Waals surface area (Å²) in [5.74, 6) is 1.19. The second kappa shape index (κ2) is 6.47. The summed E-state index contributed by atoms with van der Waals surface area (Å²) in [6.07, 6.45) is 5.62. The van der Waals surface area contributed by atoms with Crippen LogP contribution in [0.2, 0.25) is 0 Å². The number of aromatic nitrogens is 2. The first-order chi connectivity index (χ1) is 11.8. The fraction of sp³-hybridized carbons (Fsp3) is 0.389. The number of carbonyl (C=O) groups is 1. The Balaban J connectivity index is 1.34. The zero-order valence-electron chi connectivity index (χ0n) is 13.6. The van der Waals surface area contributed by atoms with Crippen molar-refractivity contribution in [2.75, 3.05) is 41.3 Å². The molecule has 6 nitrogen and oxygen atoms in total. The number of hydrogen-bond acceptors (Lipinski definition) is 5. The van der Waals surface area contributed by atoms with Gasteiger partial charge >= 0.3 is 0 Å². The van der Waals surface area contributed by atoms with Crippen LogP contribution in [0.3, 0.4) is 0 Å². The molecule has 1 saturated carbocycles. The normalized spacial score (nSPS) is 17.7. The number of benzene rings is 1. The molecular formula is C18H21N5O. The minimum Gasteiger partial charge on any atom is -0.368 e. The quantitative estimate of drug-likeness (QED) is 0.934. The summed E-state index contributed by atoms with van der Waals surface area (Å²) in [6, 6.07) is 9.97. The van der Waals surface area contributed by atoms with Crippen molar-refractivity contribution in [2.45, 2.75) is 12.8 Å². The molecule has 0 bridgehead atoms. The maximum absolute atomic E-state index is 11.8. The van der Waals surface area contributed by atoms with Crippen molar-refractivity contribution in [2.24, 2.45) is 5.92 Å². The molecule has 1 aromatic heterocycles. The fourth-order valence-corrected chi connectivity index (χ4v) is 2.96. The van der Waals surface area contributed by atoms with Crippen molar-refractivity contribution in [3.63, 3.8) is 0 Å². The largest absolute Gasteiger partial charge is 0.368 e. The lowest BCUT2D eigenvalue weighted by Gasteiger charge is -2.36. The number of rotatable bonds is 4. The van der Waals surface area contributed by atoms with E-state index in [1.807, 2.05) is 18.2 Å². The Morgan fingerprint density at radius 3 is 2.21 bits per heavy atom. The average Bonchev–Trinajstić information content (AvgIpc) is 3.49. The van der Waals surface area contributed by atoms with Crippen LogP contribution in [0.4, 0.5) is 17.3 Å². The number of piperazine rings is 1. The molecule has 2 heterocycles. The van der Waals surface area contributed by atoms with Gasteiger partial charge in [-0.1, -0.05) is 0 Å². The van der Waals surface area contributed by atoms with E-state index in [0.29, 0.717) is 0 Å². The molecule has 1 aliphatic heterocycles. The molecule has 2 aliphatic rings. The Labute approximate surface area is 141 Å². The first-order valence-electron chi connectivity index (χ1n) is 8.47. The first kappa shape index (κ1) is 14.9. The highest BCUT2D eigenvalue weighted by atomic mass is 16.2. The van der Waals surface area contributed by atoms with Gasteiger partial charge in [0.25, 0.3) is 0 Å². The van der Waals surface area contributed by atoms with E-state index in [1.165, 1.54) is 5.69 Å². The van der Waals surface area contributed by atoms with Crippen molar-refractivity contribution in [3.05, 3.63) is 42.7 Å². The van der Waals surface area contributed by atoms with Crippen LogP contribution >= 0.6 is 0 Å². The third-order valence-electron chi connectivity index (χ3n) is 4.56. The standard InChI is InChI=1S/C18H21N5O/c24-17(14-2-3-14)21-15-4-6-16(7-5-15)22-10-12-23(13-11-22)18-19-8-1-9-20-18/h1,4-9,14H,2-3,10-13H2,(H,21,24). The molecule has 2 fully saturated rings. The molecule has 1 aromatic carbocycles. The van der Waals surface area contributed by atoms with Gasteiger partial charge in [-0.2, -0.15) is 0 Å². The highest BCUT2D eigenvalue weighted by molar-refractivity contribution is 5.94. The van der Waals surface area contributed by atoms with Crippen molar-refractivity contribution in [1.82, 2.24) is 9.97 Å². The lowest BCUT2D eigenvalue weighted by molar-refractivity contribution is -0.117. The fourth-order valence-electron chi connectivity index (χ4n) is 2.96. The predicted molar refractivity (Wildman–Crippen MR) is 94.3 cm³/mol. The third-order valence-corrected chi connectivity index (χ3v) is 4.56. The van der Waals surface area contributed by atoms with E-state index in [1.54, 1.807) is 12.4 Å². The predicted octanol–water partition coefficient (Wildman–Crippen LogP) is 2.15.